The van der Waals surface area contributed by atoms with Gasteiger partial charge in [-0.25, -0.2) is 0 Å². The summed E-state index contributed by atoms with van der Waals surface area (Å²) in [6, 6.07) is 9.13. The molecule has 1 heterocycles. The molecule has 1 aromatic heterocycles. The summed E-state index contributed by atoms with van der Waals surface area (Å²) in [5.41, 5.74) is 0.750. The second kappa shape index (κ2) is 6.55. The van der Waals surface area contributed by atoms with Gasteiger partial charge in [-0.05, 0) is 23.6 Å². The van der Waals surface area contributed by atoms with Crippen molar-refractivity contribution in [2.75, 3.05) is 6.61 Å². The van der Waals surface area contributed by atoms with Gasteiger partial charge in [0.1, 0.15) is 0 Å². The molecule has 0 aliphatic carbocycles. The molecule has 2 aromatic rings. The molecular weight excluding hydrogens is 289 g/mol. The number of nitrogens with one attached hydrogen (secondary N) is 1. The van der Waals surface area contributed by atoms with Gasteiger partial charge in [-0.1, -0.05) is 35.3 Å². The summed E-state index contributed by atoms with van der Waals surface area (Å²) in [4.78, 5) is 1.21. The minimum absolute atomic E-state index is 0.0468. The third kappa shape index (κ3) is 3.25. The molecule has 2 N–H and O–H groups in total. The van der Waals surface area contributed by atoms with Crippen LogP contribution in [0, 0.1) is 0 Å². The Morgan fingerprint density at radius 3 is 2.44 bits per heavy atom. The van der Waals surface area contributed by atoms with Gasteiger partial charge in [-0.15, -0.1) is 11.3 Å². The van der Waals surface area contributed by atoms with Gasteiger partial charge >= 0.3 is 0 Å². The summed E-state index contributed by atoms with van der Waals surface area (Å²) < 4.78 is 0. The third-order valence-electron chi connectivity index (χ3n) is 2.63. The van der Waals surface area contributed by atoms with E-state index >= 15 is 0 Å². The molecule has 0 spiro atoms. The molecule has 0 aliphatic rings. The van der Waals surface area contributed by atoms with Crippen LogP contribution < -0.4 is 5.32 Å². The molecule has 0 radical (unpaired) electrons. The highest BCUT2D eigenvalue weighted by molar-refractivity contribution is 7.09. The van der Waals surface area contributed by atoms with E-state index in [0.29, 0.717) is 16.6 Å². The number of hydrogen-bond donors (Lipinski definition) is 2. The maximum Gasteiger partial charge on any atom is 0.0627 e. The van der Waals surface area contributed by atoms with Crippen molar-refractivity contribution in [2.45, 2.75) is 12.6 Å². The normalized spacial score (nSPS) is 12.6. The molecule has 0 amide bonds. The van der Waals surface area contributed by atoms with Crippen LogP contribution in [0.15, 0.2) is 35.7 Å². The van der Waals surface area contributed by atoms with Crippen molar-refractivity contribution >= 4 is 34.5 Å². The zero-order valence-electron chi connectivity index (χ0n) is 9.57. The van der Waals surface area contributed by atoms with Gasteiger partial charge in [0, 0.05) is 27.0 Å². The van der Waals surface area contributed by atoms with Crippen molar-refractivity contribution in [3.05, 3.63) is 56.2 Å². The van der Waals surface area contributed by atoms with E-state index in [2.05, 4.69) is 5.32 Å². The quantitative estimate of drug-likeness (QED) is 0.878. The first-order chi connectivity index (χ1) is 8.72. The molecule has 0 saturated heterocycles. The molecule has 0 saturated carbocycles. The van der Waals surface area contributed by atoms with Gasteiger partial charge in [0.05, 0.1) is 12.6 Å². The van der Waals surface area contributed by atoms with E-state index in [1.165, 1.54) is 4.88 Å². The average molecular weight is 302 g/mol. The fourth-order valence-electron chi connectivity index (χ4n) is 1.74. The van der Waals surface area contributed by atoms with E-state index in [1.807, 2.05) is 17.5 Å². The predicted molar refractivity (Wildman–Crippen MR) is 77.4 cm³/mol. The largest absolute Gasteiger partial charge is 0.394 e. The average Bonchev–Trinajstić information content (AvgIpc) is 2.86. The van der Waals surface area contributed by atoms with Crippen LogP contribution in [0.4, 0.5) is 0 Å². The predicted octanol–water partition coefficient (Wildman–Crippen LogP) is 3.88. The molecular formula is C13H13Cl2NOS. The van der Waals surface area contributed by atoms with Crippen LogP contribution >= 0.6 is 34.5 Å². The van der Waals surface area contributed by atoms with Crippen LogP contribution in [-0.2, 0) is 6.54 Å². The Labute approximate surface area is 120 Å². The van der Waals surface area contributed by atoms with E-state index in [-0.39, 0.29) is 12.6 Å². The topological polar surface area (TPSA) is 32.3 Å². The number of hydrogen-bond acceptors (Lipinski definition) is 3. The highest BCUT2D eigenvalue weighted by Gasteiger charge is 2.16. The molecule has 1 aromatic carbocycles. The van der Waals surface area contributed by atoms with Crippen molar-refractivity contribution in [1.82, 2.24) is 5.32 Å². The molecule has 2 nitrogen and oxygen atoms in total. The standard InChI is InChI=1S/C13H13Cl2NOS/c14-10-4-1-5-11(15)13(10)12(8-17)16-7-9-3-2-6-18-9/h1-6,12,16-17H,7-8H2. The van der Waals surface area contributed by atoms with E-state index in [1.54, 1.807) is 29.5 Å². The van der Waals surface area contributed by atoms with E-state index in [4.69, 9.17) is 23.2 Å². The Morgan fingerprint density at radius 2 is 1.89 bits per heavy atom. The number of benzene rings is 1. The van der Waals surface area contributed by atoms with Crippen LogP contribution in [0.25, 0.3) is 0 Å². The zero-order valence-corrected chi connectivity index (χ0v) is 11.9. The summed E-state index contributed by atoms with van der Waals surface area (Å²) in [7, 11) is 0. The Kier molecular flexibility index (Phi) is 5.03. The Hall–Kier alpha value is -0.580. The summed E-state index contributed by atoms with van der Waals surface area (Å²) >= 11 is 13.9. The molecule has 2 rings (SSSR count). The van der Waals surface area contributed by atoms with E-state index < -0.39 is 0 Å². The molecule has 18 heavy (non-hydrogen) atoms. The van der Waals surface area contributed by atoms with Gasteiger partial charge in [0.25, 0.3) is 0 Å². The number of thiophene rings is 1. The Bertz CT molecular complexity index is 481. The fraction of sp³-hybridized carbons (Fsp3) is 0.231. The molecule has 96 valence electrons. The van der Waals surface area contributed by atoms with Gasteiger partial charge in [0.15, 0.2) is 0 Å². The SMILES string of the molecule is OCC(NCc1cccs1)c1c(Cl)cccc1Cl. The number of aliphatic hydroxyl groups excluding tert-OH is 1. The smallest absolute Gasteiger partial charge is 0.0627 e. The van der Waals surface area contributed by atoms with Crippen molar-refractivity contribution in [1.29, 1.82) is 0 Å². The molecule has 1 unspecified atom stereocenters. The highest BCUT2D eigenvalue weighted by atomic mass is 35.5. The maximum absolute atomic E-state index is 9.48. The highest BCUT2D eigenvalue weighted by Crippen LogP contribution is 2.30. The second-order valence-electron chi connectivity index (χ2n) is 3.83. The Balaban J connectivity index is 2.13. The number of aliphatic hydroxyl groups is 1. The number of rotatable bonds is 5. The molecule has 0 aliphatic heterocycles. The van der Waals surface area contributed by atoms with Crippen molar-refractivity contribution in [3.8, 4) is 0 Å². The summed E-state index contributed by atoms with van der Waals surface area (Å²) in [6.45, 7) is 0.638. The van der Waals surface area contributed by atoms with Gasteiger partial charge in [-0.2, -0.15) is 0 Å². The van der Waals surface area contributed by atoms with Crippen LogP contribution in [0.3, 0.4) is 0 Å². The first-order valence-electron chi connectivity index (χ1n) is 5.53. The molecule has 5 heteroatoms. The summed E-state index contributed by atoms with van der Waals surface area (Å²) in [5.74, 6) is 0. The Morgan fingerprint density at radius 1 is 1.17 bits per heavy atom. The number of halogens is 2. The molecule has 0 fully saturated rings. The lowest BCUT2D eigenvalue weighted by atomic mass is 10.1. The minimum Gasteiger partial charge on any atom is -0.394 e. The van der Waals surface area contributed by atoms with Crippen LogP contribution in [-0.4, -0.2) is 11.7 Å². The van der Waals surface area contributed by atoms with Crippen molar-refractivity contribution in [3.63, 3.8) is 0 Å². The lowest BCUT2D eigenvalue weighted by Gasteiger charge is -2.19. The van der Waals surface area contributed by atoms with Crippen LogP contribution in [0.5, 0.6) is 0 Å². The van der Waals surface area contributed by atoms with Gasteiger partial charge in [-0.3, -0.25) is 0 Å². The first kappa shape index (κ1) is 13.8. The van der Waals surface area contributed by atoms with Gasteiger partial charge in [0.2, 0.25) is 0 Å². The molecule has 0 bridgehead atoms. The fourth-order valence-corrected chi connectivity index (χ4v) is 3.06. The van der Waals surface area contributed by atoms with Crippen LogP contribution in [0.1, 0.15) is 16.5 Å². The maximum atomic E-state index is 9.48. The zero-order chi connectivity index (χ0) is 13.0. The second-order valence-corrected chi connectivity index (χ2v) is 5.68. The monoisotopic (exact) mass is 301 g/mol. The minimum atomic E-state index is -0.256. The van der Waals surface area contributed by atoms with Crippen molar-refractivity contribution in [2.24, 2.45) is 0 Å². The summed E-state index contributed by atoms with van der Waals surface area (Å²) in [6.07, 6.45) is 0. The van der Waals surface area contributed by atoms with Gasteiger partial charge < -0.3 is 10.4 Å². The van der Waals surface area contributed by atoms with Crippen LogP contribution in [0.2, 0.25) is 10.0 Å². The van der Waals surface area contributed by atoms with E-state index in [9.17, 15) is 5.11 Å². The molecule has 1 atom stereocenters. The van der Waals surface area contributed by atoms with Crippen molar-refractivity contribution < 1.29 is 5.11 Å². The van der Waals surface area contributed by atoms with E-state index in [0.717, 1.165) is 5.56 Å². The lowest BCUT2D eigenvalue weighted by molar-refractivity contribution is 0.244. The summed E-state index contributed by atoms with van der Waals surface area (Å²) in [5, 5.41) is 15.9. The first-order valence-corrected chi connectivity index (χ1v) is 7.16. The lowest BCUT2D eigenvalue weighted by Crippen LogP contribution is -2.24. The third-order valence-corrected chi connectivity index (χ3v) is 4.17.